The third-order valence-corrected chi connectivity index (χ3v) is 5.93. The predicted molar refractivity (Wildman–Crippen MR) is 115 cm³/mol. The minimum Gasteiger partial charge on any atom is -0.455 e. The van der Waals surface area contributed by atoms with Gasteiger partial charge in [0.25, 0.3) is 0 Å². The first kappa shape index (κ1) is 16.2. The zero-order valence-corrected chi connectivity index (χ0v) is 16.0. The molecule has 1 atom stereocenters. The Balaban J connectivity index is 2.04. The SMILES string of the molecule is C/C=C\C(C)(CC)n1c2ccccc2c2c3oc4ccccc4c3ccc21. The number of nitrogens with zero attached hydrogens (tertiary/aromatic N) is 1. The normalized spacial score (nSPS) is 14.8. The Kier molecular flexibility index (Phi) is 3.45. The first-order chi connectivity index (χ1) is 13.2. The molecule has 0 N–H and O–H groups in total. The summed E-state index contributed by atoms with van der Waals surface area (Å²) in [5.41, 5.74) is 4.33. The van der Waals surface area contributed by atoms with Crippen molar-refractivity contribution in [3.63, 3.8) is 0 Å². The molecule has 2 heteroatoms. The van der Waals surface area contributed by atoms with E-state index in [1.54, 1.807) is 0 Å². The van der Waals surface area contributed by atoms with Crippen molar-refractivity contribution >= 4 is 43.7 Å². The highest BCUT2D eigenvalue weighted by Crippen LogP contribution is 2.42. The van der Waals surface area contributed by atoms with E-state index in [0.717, 1.165) is 17.6 Å². The third-order valence-electron chi connectivity index (χ3n) is 5.93. The Labute approximate surface area is 158 Å². The summed E-state index contributed by atoms with van der Waals surface area (Å²) in [7, 11) is 0. The molecule has 2 nitrogen and oxygen atoms in total. The van der Waals surface area contributed by atoms with Gasteiger partial charge in [0.05, 0.1) is 22.0 Å². The fraction of sp³-hybridized carbons (Fsp3) is 0.200. The maximum Gasteiger partial charge on any atom is 0.145 e. The van der Waals surface area contributed by atoms with Gasteiger partial charge in [0.15, 0.2) is 0 Å². The molecule has 0 aliphatic rings. The molecule has 2 heterocycles. The quantitative estimate of drug-likeness (QED) is 0.309. The Morgan fingerprint density at radius 1 is 0.889 bits per heavy atom. The lowest BCUT2D eigenvalue weighted by Gasteiger charge is -2.29. The van der Waals surface area contributed by atoms with Crippen LogP contribution in [0, 0.1) is 0 Å². The van der Waals surface area contributed by atoms with Gasteiger partial charge in [0, 0.05) is 16.2 Å². The summed E-state index contributed by atoms with van der Waals surface area (Å²) in [6.07, 6.45) is 5.48. The number of furan rings is 1. The molecule has 3 aromatic carbocycles. The monoisotopic (exact) mass is 353 g/mol. The molecule has 0 radical (unpaired) electrons. The second-order valence-corrected chi connectivity index (χ2v) is 7.50. The van der Waals surface area contributed by atoms with Crippen LogP contribution < -0.4 is 0 Å². The number of hydrogen-bond acceptors (Lipinski definition) is 1. The Morgan fingerprint density at radius 2 is 1.63 bits per heavy atom. The lowest BCUT2D eigenvalue weighted by Crippen LogP contribution is -2.26. The molecule has 0 saturated carbocycles. The van der Waals surface area contributed by atoms with Gasteiger partial charge in [0.1, 0.15) is 11.2 Å². The topological polar surface area (TPSA) is 18.1 Å². The maximum atomic E-state index is 6.36. The fourth-order valence-corrected chi connectivity index (χ4v) is 4.49. The minimum atomic E-state index is -0.0875. The molecule has 0 amide bonds. The largest absolute Gasteiger partial charge is 0.455 e. The van der Waals surface area contributed by atoms with E-state index < -0.39 is 0 Å². The number of aromatic nitrogens is 1. The van der Waals surface area contributed by atoms with Crippen LogP contribution in [0.2, 0.25) is 0 Å². The Bertz CT molecular complexity index is 1330. The van der Waals surface area contributed by atoms with Gasteiger partial charge >= 0.3 is 0 Å². The summed E-state index contributed by atoms with van der Waals surface area (Å²) in [5, 5.41) is 4.83. The Morgan fingerprint density at radius 3 is 2.41 bits per heavy atom. The average Bonchev–Trinajstić information content (AvgIpc) is 3.23. The molecular formula is C25H23NO. The fourth-order valence-electron chi connectivity index (χ4n) is 4.49. The van der Waals surface area contributed by atoms with E-state index in [-0.39, 0.29) is 5.54 Å². The van der Waals surface area contributed by atoms with E-state index in [9.17, 15) is 0 Å². The molecule has 0 aliphatic carbocycles. The van der Waals surface area contributed by atoms with Crippen LogP contribution in [0.15, 0.2) is 77.2 Å². The summed E-state index contributed by atoms with van der Waals surface area (Å²) < 4.78 is 8.84. The van der Waals surface area contributed by atoms with Crippen LogP contribution in [0.25, 0.3) is 43.7 Å². The highest BCUT2D eigenvalue weighted by molar-refractivity contribution is 6.23. The van der Waals surface area contributed by atoms with Crippen molar-refractivity contribution in [1.82, 2.24) is 4.57 Å². The van der Waals surface area contributed by atoms with Crippen LogP contribution in [0.5, 0.6) is 0 Å². The number of para-hydroxylation sites is 2. The van der Waals surface area contributed by atoms with Gasteiger partial charge in [-0.05, 0) is 44.5 Å². The van der Waals surface area contributed by atoms with Gasteiger partial charge in [-0.2, -0.15) is 0 Å². The van der Waals surface area contributed by atoms with Gasteiger partial charge in [0.2, 0.25) is 0 Å². The van der Waals surface area contributed by atoms with Crippen molar-refractivity contribution in [2.75, 3.05) is 0 Å². The van der Waals surface area contributed by atoms with Crippen molar-refractivity contribution < 1.29 is 4.42 Å². The number of allylic oxidation sites excluding steroid dienone is 2. The van der Waals surface area contributed by atoms with Crippen LogP contribution >= 0.6 is 0 Å². The summed E-state index contributed by atoms with van der Waals surface area (Å²) in [6.45, 7) is 6.65. The number of hydrogen-bond donors (Lipinski definition) is 0. The van der Waals surface area contributed by atoms with Crippen molar-refractivity contribution in [2.24, 2.45) is 0 Å². The highest BCUT2D eigenvalue weighted by Gasteiger charge is 2.27. The van der Waals surface area contributed by atoms with Crippen LogP contribution in [-0.4, -0.2) is 4.57 Å². The predicted octanol–water partition coefficient (Wildman–Crippen LogP) is 7.40. The molecular weight excluding hydrogens is 330 g/mol. The van der Waals surface area contributed by atoms with E-state index in [0.29, 0.717) is 0 Å². The smallest absolute Gasteiger partial charge is 0.145 e. The molecule has 134 valence electrons. The standard InChI is InChI=1S/C25H23NO/c1-4-16-25(3,5-2)26-20-12-8-6-11-19(20)23-21(26)15-14-18-17-10-7-9-13-22(17)27-24(18)23/h4,6-16H,5H2,1-3H3/b16-4-. The first-order valence-corrected chi connectivity index (χ1v) is 9.65. The van der Waals surface area contributed by atoms with Crippen molar-refractivity contribution in [2.45, 2.75) is 32.7 Å². The first-order valence-electron chi connectivity index (χ1n) is 9.65. The molecule has 5 aromatic rings. The van der Waals surface area contributed by atoms with Crippen LogP contribution in [0.1, 0.15) is 27.2 Å². The summed E-state index contributed by atoms with van der Waals surface area (Å²) >= 11 is 0. The van der Waals surface area contributed by atoms with Gasteiger partial charge in [-0.3, -0.25) is 0 Å². The molecule has 0 saturated heterocycles. The van der Waals surface area contributed by atoms with E-state index in [1.807, 2.05) is 6.07 Å². The van der Waals surface area contributed by atoms with Crippen molar-refractivity contribution in [3.8, 4) is 0 Å². The molecule has 5 rings (SSSR count). The summed E-state index contributed by atoms with van der Waals surface area (Å²) in [4.78, 5) is 0. The average molecular weight is 353 g/mol. The van der Waals surface area contributed by atoms with Gasteiger partial charge in [-0.15, -0.1) is 0 Å². The second-order valence-electron chi connectivity index (χ2n) is 7.50. The highest BCUT2D eigenvalue weighted by atomic mass is 16.3. The zero-order chi connectivity index (χ0) is 18.6. The van der Waals surface area contributed by atoms with Crippen molar-refractivity contribution in [3.05, 3.63) is 72.8 Å². The van der Waals surface area contributed by atoms with Crippen LogP contribution in [0.3, 0.4) is 0 Å². The summed E-state index contributed by atoms with van der Waals surface area (Å²) in [6, 6.07) is 21.5. The van der Waals surface area contributed by atoms with E-state index in [4.69, 9.17) is 4.42 Å². The number of rotatable bonds is 3. The molecule has 1 unspecified atom stereocenters. The van der Waals surface area contributed by atoms with Crippen LogP contribution in [0.4, 0.5) is 0 Å². The number of benzene rings is 3. The van der Waals surface area contributed by atoms with E-state index >= 15 is 0 Å². The molecule has 2 aromatic heterocycles. The maximum absolute atomic E-state index is 6.36. The Hall–Kier alpha value is -3.00. The second kappa shape index (κ2) is 5.75. The third kappa shape index (κ3) is 2.13. The van der Waals surface area contributed by atoms with E-state index in [2.05, 4.69) is 92.1 Å². The summed E-state index contributed by atoms with van der Waals surface area (Å²) in [5.74, 6) is 0. The molecule has 0 fully saturated rings. The van der Waals surface area contributed by atoms with Crippen molar-refractivity contribution in [1.29, 1.82) is 0 Å². The minimum absolute atomic E-state index is 0.0875. The lowest BCUT2D eigenvalue weighted by molar-refractivity contribution is 0.419. The molecule has 0 aliphatic heterocycles. The van der Waals surface area contributed by atoms with Crippen LogP contribution in [-0.2, 0) is 5.54 Å². The molecule has 0 spiro atoms. The van der Waals surface area contributed by atoms with Gasteiger partial charge in [-0.1, -0.05) is 55.5 Å². The molecule has 0 bridgehead atoms. The zero-order valence-electron chi connectivity index (χ0n) is 16.0. The van der Waals surface area contributed by atoms with E-state index in [1.165, 1.54) is 32.6 Å². The lowest BCUT2D eigenvalue weighted by atomic mass is 9.97. The van der Waals surface area contributed by atoms with Gasteiger partial charge < -0.3 is 8.98 Å². The molecule has 27 heavy (non-hydrogen) atoms. The van der Waals surface area contributed by atoms with Gasteiger partial charge in [-0.25, -0.2) is 0 Å². The number of fused-ring (bicyclic) bond motifs is 7.